The van der Waals surface area contributed by atoms with Crippen LogP contribution in [0.3, 0.4) is 0 Å². The van der Waals surface area contributed by atoms with Crippen LogP contribution in [0.1, 0.15) is 12.5 Å². The van der Waals surface area contributed by atoms with Crippen molar-refractivity contribution in [3.8, 4) is 0 Å². The topological polar surface area (TPSA) is 92.5 Å². The first-order valence-corrected chi connectivity index (χ1v) is 5.86. The Morgan fingerprint density at radius 3 is 2.53 bits per heavy atom. The van der Waals surface area contributed by atoms with Gasteiger partial charge in [-0.25, -0.2) is 0 Å². The quantitative estimate of drug-likeness (QED) is 0.765. The number of rotatable bonds is 3. The zero-order chi connectivity index (χ0) is 14.4. The van der Waals surface area contributed by atoms with Crippen LogP contribution in [0, 0.1) is 6.92 Å². The number of nitrogens with zero attached hydrogens (tertiary/aromatic N) is 1. The predicted octanol–water partition coefficient (Wildman–Crippen LogP) is 0.267. The van der Waals surface area contributed by atoms with Gasteiger partial charge in [-0.05, 0) is 24.6 Å². The molecule has 0 aliphatic carbocycles. The summed E-state index contributed by atoms with van der Waals surface area (Å²) in [7, 11) is 0. The van der Waals surface area contributed by atoms with E-state index >= 15 is 0 Å². The molecule has 0 bridgehead atoms. The lowest BCUT2D eigenvalue weighted by Crippen LogP contribution is -2.44. The second-order valence-corrected chi connectivity index (χ2v) is 4.09. The molecule has 0 unspecified atom stereocenters. The number of carbonyl (C=O) groups excluding carboxylic acids is 3. The molecule has 19 heavy (non-hydrogen) atoms. The van der Waals surface area contributed by atoms with Gasteiger partial charge in [0.1, 0.15) is 0 Å². The molecule has 0 saturated heterocycles. The van der Waals surface area contributed by atoms with Crippen molar-refractivity contribution in [1.82, 2.24) is 4.90 Å². The van der Waals surface area contributed by atoms with E-state index in [-0.39, 0.29) is 13.1 Å². The Morgan fingerprint density at radius 2 is 2.00 bits per heavy atom. The van der Waals surface area contributed by atoms with E-state index in [0.717, 1.165) is 10.5 Å². The second-order valence-electron chi connectivity index (χ2n) is 4.09. The van der Waals surface area contributed by atoms with Crippen LogP contribution < -0.4 is 11.1 Å². The van der Waals surface area contributed by atoms with Gasteiger partial charge in [0.15, 0.2) is 0 Å². The minimum Gasteiger partial charge on any atom is -0.329 e. The average Bonchev–Trinajstić information content (AvgIpc) is 2.34. The van der Waals surface area contributed by atoms with Gasteiger partial charge in [0.25, 0.3) is 0 Å². The lowest BCUT2D eigenvalue weighted by molar-refractivity contribution is -0.149. The van der Waals surface area contributed by atoms with Crippen molar-refractivity contribution in [3.63, 3.8) is 0 Å². The molecular formula is C13H17N3O3. The monoisotopic (exact) mass is 263 g/mol. The first kappa shape index (κ1) is 14.8. The third-order valence-corrected chi connectivity index (χ3v) is 2.45. The molecule has 1 aromatic rings. The van der Waals surface area contributed by atoms with Crippen LogP contribution in [0.5, 0.6) is 0 Å². The molecule has 6 heteroatoms. The number of anilines is 1. The van der Waals surface area contributed by atoms with E-state index in [9.17, 15) is 14.4 Å². The van der Waals surface area contributed by atoms with Crippen molar-refractivity contribution in [2.24, 2.45) is 5.73 Å². The molecule has 0 spiro atoms. The van der Waals surface area contributed by atoms with Crippen molar-refractivity contribution >= 4 is 23.4 Å². The zero-order valence-corrected chi connectivity index (χ0v) is 11.0. The highest BCUT2D eigenvalue weighted by molar-refractivity contribution is 6.41. The molecular weight excluding hydrogens is 246 g/mol. The highest BCUT2D eigenvalue weighted by Gasteiger charge is 2.24. The number of hydrogen-bond donors (Lipinski definition) is 2. The number of benzene rings is 1. The van der Waals surface area contributed by atoms with Crippen molar-refractivity contribution in [1.29, 1.82) is 0 Å². The zero-order valence-electron chi connectivity index (χ0n) is 11.0. The summed E-state index contributed by atoms with van der Waals surface area (Å²) in [5, 5.41) is 2.45. The maximum atomic E-state index is 11.8. The van der Waals surface area contributed by atoms with Gasteiger partial charge in [0, 0.05) is 25.7 Å². The summed E-state index contributed by atoms with van der Waals surface area (Å²) in [6, 6.07) is 7.03. The summed E-state index contributed by atoms with van der Waals surface area (Å²) in [6.07, 6.45) is 0. The van der Waals surface area contributed by atoms with Gasteiger partial charge in [-0.15, -0.1) is 0 Å². The number of carbonyl (C=O) groups is 3. The van der Waals surface area contributed by atoms with Crippen LogP contribution in [0.4, 0.5) is 5.69 Å². The molecule has 1 aromatic carbocycles. The summed E-state index contributed by atoms with van der Waals surface area (Å²) >= 11 is 0. The SMILES string of the molecule is CC(=O)N(CCN)C(=O)C(=O)Nc1cccc(C)c1. The first-order chi connectivity index (χ1) is 8.95. The fraction of sp³-hybridized carbons (Fsp3) is 0.308. The average molecular weight is 263 g/mol. The normalized spacial score (nSPS) is 9.84. The van der Waals surface area contributed by atoms with Crippen molar-refractivity contribution < 1.29 is 14.4 Å². The molecule has 0 aliphatic rings. The smallest absolute Gasteiger partial charge is 0.318 e. The van der Waals surface area contributed by atoms with E-state index in [1.807, 2.05) is 13.0 Å². The van der Waals surface area contributed by atoms with Gasteiger partial charge in [-0.1, -0.05) is 12.1 Å². The Kier molecular flexibility index (Phi) is 5.20. The van der Waals surface area contributed by atoms with Crippen LogP contribution in [0.25, 0.3) is 0 Å². The number of amides is 3. The van der Waals surface area contributed by atoms with Gasteiger partial charge in [-0.2, -0.15) is 0 Å². The largest absolute Gasteiger partial charge is 0.329 e. The van der Waals surface area contributed by atoms with E-state index in [1.54, 1.807) is 18.2 Å². The van der Waals surface area contributed by atoms with E-state index < -0.39 is 17.7 Å². The fourth-order valence-electron chi connectivity index (χ4n) is 1.56. The summed E-state index contributed by atoms with van der Waals surface area (Å²) in [4.78, 5) is 35.6. The first-order valence-electron chi connectivity index (χ1n) is 5.86. The number of hydrogen-bond acceptors (Lipinski definition) is 4. The number of imide groups is 1. The van der Waals surface area contributed by atoms with E-state index in [0.29, 0.717) is 5.69 Å². The van der Waals surface area contributed by atoms with E-state index in [4.69, 9.17) is 5.73 Å². The molecule has 3 amide bonds. The molecule has 0 fully saturated rings. The van der Waals surface area contributed by atoms with Crippen LogP contribution in [0.15, 0.2) is 24.3 Å². The Hall–Kier alpha value is -2.21. The highest BCUT2D eigenvalue weighted by Crippen LogP contribution is 2.09. The maximum Gasteiger partial charge on any atom is 0.318 e. The molecule has 1 rings (SSSR count). The number of nitrogens with one attached hydrogen (secondary N) is 1. The summed E-state index contributed by atoms with van der Waals surface area (Å²) in [5.74, 6) is -2.26. The lowest BCUT2D eigenvalue weighted by atomic mass is 10.2. The van der Waals surface area contributed by atoms with Gasteiger partial charge in [0.2, 0.25) is 5.91 Å². The fourth-order valence-corrected chi connectivity index (χ4v) is 1.56. The van der Waals surface area contributed by atoms with Gasteiger partial charge >= 0.3 is 11.8 Å². The van der Waals surface area contributed by atoms with Crippen LogP contribution in [0.2, 0.25) is 0 Å². The third kappa shape index (κ3) is 4.18. The van der Waals surface area contributed by atoms with E-state index in [2.05, 4.69) is 5.32 Å². The summed E-state index contributed by atoms with van der Waals surface area (Å²) in [6.45, 7) is 3.22. The standard InChI is InChI=1S/C13H17N3O3/c1-9-4-3-5-11(8-9)15-12(18)13(19)16(7-6-14)10(2)17/h3-5,8H,6-7,14H2,1-2H3,(H,15,18). The van der Waals surface area contributed by atoms with Crippen molar-refractivity contribution in [2.45, 2.75) is 13.8 Å². The van der Waals surface area contributed by atoms with Crippen molar-refractivity contribution in [3.05, 3.63) is 29.8 Å². The third-order valence-electron chi connectivity index (χ3n) is 2.45. The molecule has 0 atom stereocenters. The Balaban J connectivity index is 2.76. The van der Waals surface area contributed by atoms with Crippen LogP contribution in [-0.4, -0.2) is 35.7 Å². The molecule has 0 radical (unpaired) electrons. The van der Waals surface area contributed by atoms with Gasteiger partial charge in [-0.3, -0.25) is 19.3 Å². The molecule has 0 saturated carbocycles. The number of aryl methyl sites for hydroxylation is 1. The molecule has 102 valence electrons. The molecule has 0 aromatic heterocycles. The second kappa shape index (κ2) is 6.65. The van der Waals surface area contributed by atoms with Crippen molar-refractivity contribution in [2.75, 3.05) is 18.4 Å². The maximum absolute atomic E-state index is 11.8. The van der Waals surface area contributed by atoms with Crippen LogP contribution in [-0.2, 0) is 14.4 Å². The van der Waals surface area contributed by atoms with Gasteiger partial charge in [0.05, 0.1) is 0 Å². The number of nitrogens with two attached hydrogens (primary N) is 1. The molecule has 0 heterocycles. The Bertz CT molecular complexity index is 500. The lowest BCUT2D eigenvalue weighted by Gasteiger charge is -2.17. The molecule has 3 N–H and O–H groups in total. The predicted molar refractivity (Wildman–Crippen MR) is 71.3 cm³/mol. The van der Waals surface area contributed by atoms with Gasteiger partial charge < -0.3 is 11.1 Å². The Morgan fingerprint density at radius 1 is 1.32 bits per heavy atom. The molecule has 6 nitrogen and oxygen atoms in total. The molecule has 0 aliphatic heterocycles. The summed E-state index contributed by atoms with van der Waals surface area (Å²) < 4.78 is 0. The summed E-state index contributed by atoms with van der Waals surface area (Å²) in [5.41, 5.74) is 6.76. The Labute approximate surface area is 111 Å². The highest BCUT2D eigenvalue weighted by atomic mass is 16.2. The van der Waals surface area contributed by atoms with E-state index in [1.165, 1.54) is 6.92 Å². The minimum absolute atomic E-state index is 0.0232. The van der Waals surface area contributed by atoms with Crippen LogP contribution >= 0.6 is 0 Å². The minimum atomic E-state index is -0.903.